The number of hydrogen-bond acceptors (Lipinski definition) is 3. The van der Waals surface area contributed by atoms with Crippen LogP contribution in [0, 0.1) is 0 Å². The Balaban J connectivity index is 2.18. The highest BCUT2D eigenvalue weighted by molar-refractivity contribution is 9.10. The molecule has 2 aromatic rings. The van der Waals surface area contributed by atoms with Crippen molar-refractivity contribution in [3.8, 4) is 5.75 Å². The Kier molecular flexibility index (Phi) is 4.07. The van der Waals surface area contributed by atoms with Gasteiger partial charge in [-0.25, -0.2) is 0 Å². The first-order valence-electron chi connectivity index (χ1n) is 5.33. The molecule has 0 saturated heterocycles. The SMILES string of the molecule is COc1ccc(Br)c(NC(C)c2ccsc2)c1. The number of halogens is 1. The fourth-order valence-electron chi connectivity index (χ4n) is 1.58. The number of thiophene rings is 1. The van der Waals surface area contributed by atoms with Crippen molar-refractivity contribution in [1.29, 1.82) is 0 Å². The average Bonchev–Trinajstić information content (AvgIpc) is 2.85. The van der Waals surface area contributed by atoms with E-state index in [1.807, 2.05) is 18.2 Å². The van der Waals surface area contributed by atoms with Crippen LogP contribution in [0.5, 0.6) is 5.75 Å². The van der Waals surface area contributed by atoms with E-state index in [1.165, 1.54) is 5.56 Å². The smallest absolute Gasteiger partial charge is 0.121 e. The van der Waals surface area contributed by atoms with Crippen molar-refractivity contribution in [1.82, 2.24) is 0 Å². The standard InChI is InChI=1S/C13H14BrNOS/c1-9(10-5-6-17-8-10)15-13-7-11(16-2)3-4-12(13)14/h3-9,15H,1-2H3. The molecule has 4 heteroatoms. The molecular weight excluding hydrogens is 298 g/mol. The first kappa shape index (κ1) is 12.5. The minimum Gasteiger partial charge on any atom is -0.497 e. The van der Waals surface area contributed by atoms with Gasteiger partial charge in [0.25, 0.3) is 0 Å². The predicted octanol–water partition coefficient (Wildman–Crippen LogP) is 4.69. The van der Waals surface area contributed by atoms with E-state index in [4.69, 9.17) is 4.74 Å². The lowest BCUT2D eigenvalue weighted by Crippen LogP contribution is -2.06. The number of nitrogens with one attached hydrogen (secondary N) is 1. The van der Waals surface area contributed by atoms with Crippen LogP contribution in [0.2, 0.25) is 0 Å². The lowest BCUT2D eigenvalue weighted by molar-refractivity contribution is 0.415. The van der Waals surface area contributed by atoms with Crippen molar-refractivity contribution in [2.24, 2.45) is 0 Å². The molecule has 0 radical (unpaired) electrons. The van der Waals surface area contributed by atoms with E-state index in [1.54, 1.807) is 18.4 Å². The maximum absolute atomic E-state index is 5.22. The topological polar surface area (TPSA) is 21.3 Å². The van der Waals surface area contributed by atoms with Crippen molar-refractivity contribution in [3.05, 3.63) is 45.1 Å². The Morgan fingerprint density at radius 1 is 1.35 bits per heavy atom. The van der Waals surface area contributed by atoms with Crippen molar-refractivity contribution >= 4 is 33.0 Å². The molecule has 0 aliphatic carbocycles. The van der Waals surface area contributed by atoms with E-state index >= 15 is 0 Å². The Labute approximate surface area is 114 Å². The molecule has 0 aliphatic rings. The molecule has 0 aliphatic heterocycles. The van der Waals surface area contributed by atoms with Crippen molar-refractivity contribution < 1.29 is 4.74 Å². The molecule has 17 heavy (non-hydrogen) atoms. The number of anilines is 1. The summed E-state index contributed by atoms with van der Waals surface area (Å²) in [6.45, 7) is 2.15. The molecule has 90 valence electrons. The van der Waals surface area contributed by atoms with Crippen LogP contribution in [0.25, 0.3) is 0 Å². The van der Waals surface area contributed by atoms with Crippen LogP contribution in [0.3, 0.4) is 0 Å². The maximum Gasteiger partial charge on any atom is 0.121 e. The zero-order chi connectivity index (χ0) is 12.3. The van der Waals surface area contributed by atoms with Gasteiger partial charge in [0.05, 0.1) is 12.8 Å². The minimum atomic E-state index is 0.282. The Morgan fingerprint density at radius 3 is 2.82 bits per heavy atom. The minimum absolute atomic E-state index is 0.282. The number of rotatable bonds is 4. The van der Waals surface area contributed by atoms with E-state index in [0.29, 0.717) is 0 Å². The number of benzene rings is 1. The molecule has 1 atom stereocenters. The third-order valence-electron chi connectivity index (χ3n) is 2.59. The summed E-state index contributed by atoms with van der Waals surface area (Å²) in [7, 11) is 1.68. The molecule has 0 bridgehead atoms. The van der Waals surface area contributed by atoms with Gasteiger partial charge in [-0.1, -0.05) is 0 Å². The first-order chi connectivity index (χ1) is 8.20. The van der Waals surface area contributed by atoms with Crippen LogP contribution in [0.1, 0.15) is 18.5 Å². The quantitative estimate of drug-likeness (QED) is 0.884. The molecule has 1 aromatic carbocycles. The summed E-state index contributed by atoms with van der Waals surface area (Å²) in [5, 5.41) is 7.72. The highest BCUT2D eigenvalue weighted by Gasteiger charge is 2.08. The highest BCUT2D eigenvalue weighted by Crippen LogP contribution is 2.30. The van der Waals surface area contributed by atoms with Gasteiger partial charge in [-0.2, -0.15) is 11.3 Å². The number of ether oxygens (including phenoxy) is 1. The van der Waals surface area contributed by atoms with Gasteiger partial charge in [-0.05, 0) is 57.4 Å². The molecule has 1 N–H and O–H groups in total. The Bertz CT molecular complexity index is 484. The van der Waals surface area contributed by atoms with Crippen molar-refractivity contribution in [2.45, 2.75) is 13.0 Å². The maximum atomic E-state index is 5.22. The van der Waals surface area contributed by atoms with E-state index in [-0.39, 0.29) is 6.04 Å². The zero-order valence-electron chi connectivity index (χ0n) is 9.74. The normalized spacial score (nSPS) is 12.2. The Morgan fingerprint density at radius 2 is 2.18 bits per heavy atom. The largest absolute Gasteiger partial charge is 0.497 e. The molecule has 1 aromatic heterocycles. The van der Waals surface area contributed by atoms with Crippen molar-refractivity contribution in [2.75, 3.05) is 12.4 Å². The summed E-state index contributed by atoms with van der Waals surface area (Å²) in [5.74, 6) is 0.855. The van der Waals surface area contributed by atoms with Crippen molar-refractivity contribution in [3.63, 3.8) is 0 Å². The highest BCUT2D eigenvalue weighted by atomic mass is 79.9. The van der Waals surface area contributed by atoms with Crippen LogP contribution in [0.15, 0.2) is 39.5 Å². The van der Waals surface area contributed by atoms with Gasteiger partial charge >= 0.3 is 0 Å². The lowest BCUT2D eigenvalue weighted by Gasteiger charge is -2.16. The van der Waals surface area contributed by atoms with Gasteiger partial charge in [-0.15, -0.1) is 0 Å². The third kappa shape index (κ3) is 3.01. The van der Waals surface area contributed by atoms with E-state index in [2.05, 4.69) is 45.0 Å². The summed E-state index contributed by atoms with van der Waals surface area (Å²) in [4.78, 5) is 0. The number of methoxy groups -OCH3 is 1. The van der Waals surface area contributed by atoms with Crippen LogP contribution < -0.4 is 10.1 Å². The predicted molar refractivity (Wildman–Crippen MR) is 77.1 cm³/mol. The second-order valence-corrected chi connectivity index (χ2v) is 5.40. The zero-order valence-corrected chi connectivity index (χ0v) is 12.1. The summed E-state index contributed by atoms with van der Waals surface area (Å²) in [6, 6.07) is 8.33. The average molecular weight is 312 g/mol. The van der Waals surface area contributed by atoms with Gasteiger partial charge in [0.15, 0.2) is 0 Å². The summed E-state index contributed by atoms with van der Waals surface area (Å²) < 4.78 is 6.27. The van der Waals surface area contributed by atoms with Crippen LogP contribution in [-0.4, -0.2) is 7.11 Å². The monoisotopic (exact) mass is 311 g/mol. The summed E-state index contributed by atoms with van der Waals surface area (Å²) in [6.07, 6.45) is 0. The second-order valence-electron chi connectivity index (χ2n) is 3.77. The molecule has 0 saturated carbocycles. The van der Waals surface area contributed by atoms with Gasteiger partial charge < -0.3 is 10.1 Å². The fourth-order valence-corrected chi connectivity index (χ4v) is 2.70. The van der Waals surface area contributed by atoms with E-state index < -0.39 is 0 Å². The van der Waals surface area contributed by atoms with Gasteiger partial charge in [0, 0.05) is 16.6 Å². The first-order valence-corrected chi connectivity index (χ1v) is 7.06. The molecule has 0 spiro atoms. The van der Waals surface area contributed by atoms with Gasteiger partial charge in [0.1, 0.15) is 5.75 Å². The molecule has 1 unspecified atom stereocenters. The molecule has 1 heterocycles. The Hall–Kier alpha value is -1.00. The van der Waals surface area contributed by atoms with Crippen LogP contribution in [-0.2, 0) is 0 Å². The number of hydrogen-bond donors (Lipinski definition) is 1. The van der Waals surface area contributed by atoms with Crippen LogP contribution in [0.4, 0.5) is 5.69 Å². The molecule has 0 amide bonds. The molecule has 0 fully saturated rings. The molecule has 2 nitrogen and oxygen atoms in total. The van der Waals surface area contributed by atoms with Gasteiger partial charge in [-0.3, -0.25) is 0 Å². The fraction of sp³-hybridized carbons (Fsp3) is 0.231. The third-order valence-corrected chi connectivity index (χ3v) is 3.98. The second kappa shape index (κ2) is 5.56. The molecular formula is C13H14BrNOS. The van der Waals surface area contributed by atoms with E-state index in [0.717, 1.165) is 15.9 Å². The van der Waals surface area contributed by atoms with Crippen LogP contribution >= 0.6 is 27.3 Å². The lowest BCUT2D eigenvalue weighted by atomic mass is 10.1. The summed E-state index contributed by atoms with van der Waals surface area (Å²) in [5.41, 5.74) is 2.34. The van der Waals surface area contributed by atoms with E-state index in [9.17, 15) is 0 Å². The van der Waals surface area contributed by atoms with Gasteiger partial charge in [0.2, 0.25) is 0 Å². The summed E-state index contributed by atoms with van der Waals surface area (Å²) >= 11 is 5.25. The molecule has 2 rings (SSSR count).